The Bertz CT molecular complexity index is 1260. The molecule has 3 heterocycles. The number of piperazine rings is 1. The van der Waals surface area contributed by atoms with Crippen LogP contribution in [0.15, 0.2) is 48.5 Å². The molecule has 0 bridgehead atoms. The largest absolute Gasteiger partial charge is 0.339 e. The average molecular weight is 416 g/mol. The van der Waals surface area contributed by atoms with Crippen LogP contribution in [-0.2, 0) is 22.4 Å². The molecule has 0 aliphatic carbocycles. The van der Waals surface area contributed by atoms with E-state index in [-0.39, 0.29) is 30.7 Å². The van der Waals surface area contributed by atoms with Crippen LogP contribution in [0.2, 0.25) is 0 Å². The summed E-state index contributed by atoms with van der Waals surface area (Å²) in [6.45, 7) is 3.58. The molecule has 0 saturated carbocycles. The zero-order chi connectivity index (χ0) is 21.4. The van der Waals surface area contributed by atoms with Crippen molar-refractivity contribution < 1.29 is 9.59 Å². The van der Waals surface area contributed by atoms with Crippen molar-refractivity contribution in [3.05, 3.63) is 59.9 Å². The van der Waals surface area contributed by atoms with Crippen molar-refractivity contribution in [1.82, 2.24) is 30.2 Å². The molecule has 2 aromatic carbocycles. The van der Waals surface area contributed by atoms with Crippen LogP contribution in [0.3, 0.4) is 0 Å². The molecule has 1 atom stereocenters. The molecule has 8 heteroatoms. The molecule has 158 valence electrons. The van der Waals surface area contributed by atoms with E-state index in [1.807, 2.05) is 65.3 Å². The summed E-state index contributed by atoms with van der Waals surface area (Å²) in [7, 11) is 0. The number of aromatic nitrogens is 4. The third-order valence-corrected chi connectivity index (χ3v) is 6.04. The molecule has 2 aromatic heterocycles. The minimum atomic E-state index is -0.0436. The lowest BCUT2D eigenvalue weighted by atomic mass is 10.1. The van der Waals surface area contributed by atoms with Crippen molar-refractivity contribution in [3.63, 3.8) is 0 Å². The van der Waals surface area contributed by atoms with Gasteiger partial charge in [-0.05, 0) is 19.1 Å². The zero-order valence-corrected chi connectivity index (χ0v) is 17.3. The van der Waals surface area contributed by atoms with Crippen LogP contribution < -0.4 is 0 Å². The van der Waals surface area contributed by atoms with E-state index in [0.717, 1.165) is 33.2 Å². The first-order chi connectivity index (χ1) is 15.1. The van der Waals surface area contributed by atoms with Crippen molar-refractivity contribution in [2.45, 2.75) is 25.8 Å². The predicted molar refractivity (Wildman–Crippen MR) is 117 cm³/mol. The first-order valence-corrected chi connectivity index (χ1v) is 10.5. The number of rotatable bonds is 4. The molecule has 0 spiro atoms. The maximum Gasteiger partial charge on any atom is 0.228 e. The van der Waals surface area contributed by atoms with Crippen LogP contribution >= 0.6 is 0 Å². The Labute approximate surface area is 179 Å². The number of nitrogens with zero attached hydrogens (tertiary/aromatic N) is 4. The maximum atomic E-state index is 13.0. The molecule has 1 fully saturated rings. The van der Waals surface area contributed by atoms with Gasteiger partial charge in [0.2, 0.25) is 11.8 Å². The van der Waals surface area contributed by atoms with Gasteiger partial charge in [0.1, 0.15) is 0 Å². The number of nitrogens with one attached hydrogen (secondary N) is 2. The molecule has 0 unspecified atom stereocenters. The second kappa shape index (κ2) is 7.86. The van der Waals surface area contributed by atoms with Crippen LogP contribution in [0.25, 0.3) is 21.8 Å². The van der Waals surface area contributed by atoms with Crippen LogP contribution in [0.1, 0.15) is 18.3 Å². The molecule has 2 amide bonds. The van der Waals surface area contributed by atoms with Gasteiger partial charge in [-0.3, -0.25) is 19.8 Å². The van der Waals surface area contributed by atoms with E-state index < -0.39 is 0 Å². The molecule has 0 radical (unpaired) electrons. The Hall–Kier alpha value is -3.68. The summed E-state index contributed by atoms with van der Waals surface area (Å²) in [6.07, 6.45) is 0.556. The monoisotopic (exact) mass is 416 g/mol. The standard InChI is InChI=1S/C23H24N6O2/c1-15-14-28(22(30)12-20-16-6-2-4-8-18(16)24-26-20)10-11-29(15)23(31)13-21-17-7-3-5-9-19(17)25-27-21/h2-9,15H,10-14H2,1H3,(H,24,26)(H,25,27)/t15-/m0/s1. The Morgan fingerprint density at radius 3 is 2.00 bits per heavy atom. The lowest BCUT2D eigenvalue weighted by molar-refractivity contribution is -0.141. The predicted octanol–water partition coefficient (Wildman–Crippen LogP) is 2.28. The fraction of sp³-hybridized carbons (Fsp3) is 0.304. The number of para-hydroxylation sites is 2. The van der Waals surface area contributed by atoms with E-state index >= 15 is 0 Å². The van der Waals surface area contributed by atoms with Crippen molar-refractivity contribution in [3.8, 4) is 0 Å². The summed E-state index contributed by atoms with van der Waals surface area (Å²) in [5, 5.41) is 16.5. The lowest BCUT2D eigenvalue weighted by Crippen LogP contribution is -2.56. The third-order valence-electron chi connectivity index (χ3n) is 6.04. The van der Waals surface area contributed by atoms with Gasteiger partial charge in [-0.2, -0.15) is 10.2 Å². The highest BCUT2D eigenvalue weighted by molar-refractivity contribution is 5.89. The summed E-state index contributed by atoms with van der Waals surface area (Å²) < 4.78 is 0. The summed E-state index contributed by atoms with van der Waals surface area (Å²) >= 11 is 0. The van der Waals surface area contributed by atoms with Crippen LogP contribution in [0.4, 0.5) is 0 Å². The van der Waals surface area contributed by atoms with Gasteiger partial charge in [-0.1, -0.05) is 36.4 Å². The number of carbonyl (C=O) groups is 2. The minimum Gasteiger partial charge on any atom is -0.339 e. The van der Waals surface area contributed by atoms with E-state index in [4.69, 9.17) is 0 Å². The molecule has 8 nitrogen and oxygen atoms in total. The number of hydrogen-bond acceptors (Lipinski definition) is 4. The fourth-order valence-electron chi connectivity index (χ4n) is 4.37. The van der Waals surface area contributed by atoms with Crippen LogP contribution in [-0.4, -0.2) is 67.7 Å². The summed E-state index contributed by atoms with van der Waals surface area (Å²) in [5.74, 6) is 0.0986. The lowest BCUT2D eigenvalue weighted by Gasteiger charge is -2.40. The van der Waals surface area contributed by atoms with Crippen LogP contribution in [0.5, 0.6) is 0 Å². The highest BCUT2D eigenvalue weighted by atomic mass is 16.2. The average Bonchev–Trinajstić information content (AvgIpc) is 3.38. The normalized spacial score (nSPS) is 16.9. The second-order valence-corrected chi connectivity index (χ2v) is 8.07. The van der Waals surface area contributed by atoms with Crippen molar-refractivity contribution in [1.29, 1.82) is 0 Å². The first-order valence-electron chi connectivity index (χ1n) is 10.5. The number of hydrogen-bond donors (Lipinski definition) is 2. The molecule has 2 N–H and O–H groups in total. The molecular weight excluding hydrogens is 392 g/mol. The van der Waals surface area contributed by atoms with E-state index in [1.54, 1.807) is 0 Å². The van der Waals surface area contributed by atoms with E-state index in [0.29, 0.717) is 19.6 Å². The molecule has 1 aliphatic rings. The highest BCUT2D eigenvalue weighted by Crippen LogP contribution is 2.20. The summed E-state index contributed by atoms with van der Waals surface area (Å²) in [4.78, 5) is 29.6. The van der Waals surface area contributed by atoms with Gasteiger partial charge in [-0.15, -0.1) is 0 Å². The Morgan fingerprint density at radius 2 is 1.42 bits per heavy atom. The molecule has 5 rings (SSSR count). The second-order valence-electron chi connectivity index (χ2n) is 8.07. The van der Waals surface area contributed by atoms with Crippen molar-refractivity contribution in [2.24, 2.45) is 0 Å². The van der Waals surface area contributed by atoms with Gasteiger partial charge in [0.05, 0.1) is 35.3 Å². The number of fused-ring (bicyclic) bond motifs is 2. The third kappa shape index (κ3) is 3.65. The highest BCUT2D eigenvalue weighted by Gasteiger charge is 2.30. The summed E-state index contributed by atoms with van der Waals surface area (Å²) in [6, 6.07) is 15.5. The molecule has 1 saturated heterocycles. The molecule has 31 heavy (non-hydrogen) atoms. The molecular formula is C23H24N6O2. The number of aromatic amines is 2. The van der Waals surface area contributed by atoms with Crippen molar-refractivity contribution in [2.75, 3.05) is 19.6 Å². The number of amides is 2. The SMILES string of the molecule is C[C@H]1CN(C(=O)Cc2[nH]nc3ccccc23)CCN1C(=O)Cc1[nH]nc2ccccc12. The zero-order valence-electron chi connectivity index (χ0n) is 17.3. The minimum absolute atomic E-state index is 0.0436. The van der Waals surface area contributed by atoms with Gasteiger partial charge in [-0.25, -0.2) is 0 Å². The van der Waals surface area contributed by atoms with E-state index in [2.05, 4.69) is 20.4 Å². The quantitative estimate of drug-likeness (QED) is 0.533. The van der Waals surface area contributed by atoms with Gasteiger partial charge < -0.3 is 9.80 Å². The van der Waals surface area contributed by atoms with E-state index in [9.17, 15) is 9.59 Å². The van der Waals surface area contributed by atoms with Crippen molar-refractivity contribution >= 4 is 33.6 Å². The fourth-order valence-corrected chi connectivity index (χ4v) is 4.37. The Kier molecular flexibility index (Phi) is 4.89. The Morgan fingerprint density at radius 1 is 0.871 bits per heavy atom. The first kappa shape index (κ1) is 19.3. The molecule has 4 aromatic rings. The number of carbonyl (C=O) groups excluding carboxylic acids is 2. The van der Waals surface area contributed by atoms with Gasteiger partial charge in [0.15, 0.2) is 0 Å². The number of benzene rings is 2. The topological polar surface area (TPSA) is 98.0 Å². The smallest absolute Gasteiger partial charge is 0.228 e. The van der Waals surface area contributed by atoms with Gasteiger partial charge >= 0.3 is 0 Å². The Balaban J connectivity index is 1.22. The van der Waals surface area contributed by atoms with Crippen LogP contribution in [0, 0.1) is 0 Å². The van der Waals surface area contributed by atoms with E-state index in [1.165, 1.54) is 0 Å². The summed E-state index contributed by atoms with van der Waals surface area (Å²) in [5.41, 5.74) is 3.39. The number of H-pyrrole nitrogens is 2. The maximum absolute atomic E-state index is 13.0. The van der Waals surface area contributed by atoms with Gasteiger partial charge in [0.25, 0.3) is 0 Å². The van der Waals surface area contributed by atoms with Gasteiger partial charge in [0, 0.05) is 36.4 Å². The molecule has 1 aliphatic heterocycles.